The Kier molecular flexibility index (Phi) is 3.76. The zero-order valence-electron chi connectivity index (χ0n) is 13.7. The molecule has 122 valence electrons. The molecule has 0 saturated carbocycles. The van der Waals surface area contributed by atoms with E-state index in [-0.39, 0.29) is 5.91 Å². The number of carbonyl (C=O) groups is 1. The number of pyridine rings is 1. The van der Waals surface area contributed by atoms with Gasteiger partial charge in [-0.05, 0) is 61.6 Å². The maximum Gasteiger partial charge on any atom is 0.253 e. The Morgan fingerprint density at radius 2 is 1.92 bits per heavy atom. The number of H-pyrrole nitrogens is 1. The van der Waals surface area contributed by atoms with Crippen molar-refractivity contribution in [1.29, 1.82) is 0 Å². The predicted molar refractivity (Wildman–Crippen MR) is 92.9 cm³/mol. The minimum Gasteiger partial charge on any atom is -0.342 e. The zero-order chi connectivity index (χ0) is 16.5. The number of aryl methyl sites for hydroxylation is 1. The lowest BCUT2D eigenvalue weighted by atomic mass is 9.90. The van der Waals surface area contributed by atoms with E-state index >= 15 is 0 Å². The fourth-order valence-electron chi connectivity index (χ4n) is 3.50. The summed E-state index contributed by atoms with van der Waals surface area (Å²) in [5.74, 6) is 1.50. The minimum atomic E-state index is 0.109. The van der Waals surface area contributed by atoms with Gasteiger partial charge >= 0.3 is 0 Å². The van der Waals surface area contributed by atoms with Crippen LogP contribution in [0.15, 0.2) is 42.7 Å². The van der Waals surface area contributed by atoms with Gasteiger partial charge in [-0.2, -0.15) is 0 Å². The molecule has 0 atom stereocenters. The summed E-state index contributed by atoms with van der Waals surface area (Å²) >= 11 is 0. The number of amides is 1. The quantitative estimate of drug-likeness (QED) is 0.788. The molecule has 0 unspecified atom stereocenters. The number of fused-ring (bicyclic) bond motifs is 1. The second-order valence-corrected chi connectivity index (χ2v) is 6.40. The molecule has 4 rings (SSSR count). The van der Waals surface area contributed by atoms with E-state index in [0.717, 1.165) is 48.4 Å². The summed E-state index contributed by atoms with van der Waals surface area (Å²) < 4.78 is 0. The lowest BCUT2D eigenvalue weighted by Gasteiger charge is -2.32. The van der Waals surface area contributed by atoms with E-state index in [1.807, 2.05) is 42.4 Å². The van der Waals surface area contributed by atoms with Crippen molar-refractivity contribution in [2.75, 3.05) is 13.1 Å². The summed E-state index contributed by atoms with van der Waals surface area (Å²) in [6.45, 7) is 3.52. The van der Waals surface area contributed by atoms with Crippen molar-refractivity contribution < 1.29 is 4.79 Å². The Hall–Kier alpha value is -2.69. The van der Waals surface area contributed by atoms with Crippen LogP contribution in [0.25, 0.3) is 11.0 Å². The van der Waals surface area contributed by atoms with E-state index in [9.17, 15) is 4.79 Å². The van der Waals surface area contributed by atoms with Crippen LogP contribution in [0.3, 0.4) is 0 Å². The van der Waals surface area contributed by atoms with E-state index < -0.39 is 0 Å². The molecule has 1 saturated heterocycles. The van der Waals surface area contributed by atoms with Gasteiger partial charge in [-0.1, -0.05) is 0 Å². The number of benzene rings is 1. The van der Waals surface area contributed by atoms with Crippen LogP contribution in [0.2, 0.25) is 0 Å². The van der Waals surface area contributed by atoms with Gasteiger partial charge in [-0.25, -0.2) is 4.98 Å². The third kappa shape index (κ3) is 2.77. The van der Waals surface area contributed by atoms with Crippen molar-refractivity contribution in [3.63, 3.8) is 0 Å². The number of rotatable bonds is 2. The van der Waals surface area contributed by atoms with Crippen LogP contribution in [0.5, 0.6) is 0 Å². The van der Waals surface area contributed by atoms with E-state index in [4.69, 9.17) is 0 Å². The van der Waals surface area contributed by atoms with Crippen molar-refractivity contribution in [3.8, 4) is 0 Å². The van der Waals surface area contributed by atoms with Crippen LogP contribution >= 0.6 is 0 Å². The van der Waals surface area contributed by atoms with Crippen molar-refractivity contribution >= 4 is 16.9 Å². The van der Waals surface area contributed by atoms with Gasteiger partial charge < -0.3 is 9.88 Å². The predicted octanol–water partition coefficient (Wildman–Crippen LogP) is 3.29. The van der Waals surface area contributed by atoms with E-state index in [1.165, 1.54) is 5.56 Å². The average Bonchev–Trinajstić information content (AvgIpc) is 3.01. The highest BCUT2D eigenvalue weighted by Gasteiger charge is 2.24. The molecule has 5 heteroatoms. The van der Waals surface area contributed by atoms with Crippen LogP contribution < -0.4 is 0 Å². The Labute approximate surface area is 140 Å². The van der Waals surface area contributed by atoms with Gasteiger partial charge in [-0.15, -0.1) is 0 Å². The SMILES string of the molecule is Cc1nc2ccc(C(=O)N3CCC(c4ccncc4)CC3)cc2[nH]1. The van der Waals surface area contributed by atoms with E-state index in [2.05, 4.69) is 27.1 Å². The number of hydrogen-bond donors (Lipinski definition) is 1. The molecule has 1 aliphatic heterocycles. The fraction of sp³-hybridized carbons (Fsp3) is 0.316. The second kappa shape index (κ2) is 6.07. The van der Waals surface area contributed by atoms with Crippen molar-refractivity contribution in [3.05, 3.63) is 59.7 Å². The maximum absolute atomic E-state index is 12.8. The zero-order valence-corrected chi connectivity index (χ0v) is 13.7. The first-order chi connectivity index (χ1) is 11.7. The molecule has 1 amide bonds. The Morgan fingerprint density at radius 1 is 1.17 bits per heavy atom. The first-order valence-corrected chi connectivity index (χ1v) is 8.36. The molecule has 1 aromatic carbocycles. The first kappa shape index (κ1) is 14.9. The topological polar surface area (TPSA) is 61.9 Å². The number of imidazole rings is 1. The molecule has 0 spiro atoms. The van der Waals surface area contributed by atoms with Crippen molar-refractivity contribution in [1.82, 2.24) is 19.9 Å². The Bertz CT molecular complexity index is 863. The van der Waals surface area contributed by atoms with Crippen LogP contribution in [0.4, 0.5) is 0 Å². The Balaban J connectivity index is 1.47. The number of carbonyl (C=O) groups excluding carboxylic acids is 1. The number of aromatic nitrogens is 3. The van der Waals surface area contributed by atoms with Gasteiger partial charge in [0.25, 0.3) is 5.91 Å². The normalized spacial score (nSPS) is 15.8. The molecule has 3 heterocycles. The van der Waals surface area contributed by atoms with E-state index in [1.54, 1.807) is 0 Å². The molecule has 0 radical (unpaired) electrons. The third-order valence-electron chi connectivity index (χ3n) is 4.81. The number of nitrogens with zero attached hydrogens (tertiary/aromatic N) is 3. The highest BCUT2D eigenvalue weighted by Crippen LogP contribution is 2.28. The van der Waals surface area contributed by atoms with Gasteiger partial charge in [0.2, 0.25) is 0 Å². The summed E-state index contributed by atoms with van der Waals surface area (Å²) in [5, 5.41) is 0. The summed E-state index contributed by atoms with van der Waals surface area (Å²) in [5.41, 5.74) is 3.88. The van der Waals surface area contributed by atoms with Gasteiger partial charge in [-0.3, -0.25) is 9.78 Å². The number of hydrogen-bond acceptors (Lipinski definition) is 3. The van der Waals surface area contributed by atoms with Crippen molar-refractivity contribution in [2.45, 2.75) is 25.7 Å². The first-order valence-electron chi connectivity index (χ1n) is 8.36. The van der Waals surface area contributed by atoms with E-state index in [0.29, 0.717) is 5.92 Å². The molecule has 0 aliphatic carbocycles. The monoisotopic (exact) mass is 320 g/mol. The molecular formula is C19H20N4O. The van der Waals surface area contributed by atoms with Crippen molar-refractivity contribution in [2.24, 2.45) is 0 Å². The molecule has 5 nitrogen and oxygen atoms in total. The number of nitrogens with one attached hydrogen (secondary N) is 1. The lowest BCUT2D eigenvalue weighted by molar-refractivity contribution is 0.0713. The standard InChI is InChI=1S/C19H20N4O/c1-13-21-17-3-2-16(12-18(17)22-13)19(24)23-10-6-15(7-11-23)14-4-8-20-9-5-14/h2-5,8-9,12,15H,6-7,10-11H2,1H3,(H,21,22). The summed E-state index contributed by atoms with van der Waals surface area (Å²) in [6.07, 6.45) is 5.69. The lowest BCUT2D eigenvalue weighted by Crippen LogP contribution is -2.37. The van der Waals surface area contributed by atoms with Crippen LogP contribution in [0, 0.1) is 6.92 Å². The molecule has 1 N–H and O–H groups in total. The highest BCUT2D eigenvalue weighted by atomic mass is 16.2. The van der Waals surface area contributed by atoms with Gasteiger partial charge in [0.1, 0.15) is 5.82 Å². The maximum atomic E-state index is 12.8. The fourth-order valence-corrected chi connectivity index (χ4v) is 3.50. The van der Waals surface area contributed by atoms with Crippen LogP contribution in [0.1, 0.15) is 40.5 Å². The van der Waals surface area contributed by atoms with Crippen LogP contribution in [-0.4, -0.2) is 38.8 Å². The minimum absolute atomic E-state index is 0.109. The number of likely N-dealkylation sites (tertiary alicyclic amines) is 1. The molecule has 3 aromatic rings. The third-order valence-corrected chi connectivity index (χ3v) is 4.81. The molecule has 1 aliphatic rings. The second-order valence-electron chi connectivity index (χ2n) is 6.40. The van der Waals surface area contributed by atoms with Gasteiger partial charge in [0.15, 0.2) is 0 Å². The summed E-state index contributed by atoms with van der Waals surface area (Å²) in [7, 11) is 0. The van der Waals surface area contributed by atoms with Gasteiger partial charge in [0, 0.05) is 31.0 Å². The highest BCUT2D eigenvalue weighted by molar-refractivity contribution is 5.97. The molecular weight excluding hydrogens is 300 g/mol. The molecule has 2 aromatic heterocycles. The molecule has 0 bridgehead atoms. The largest absolute Gasteiger partial charge is 0.342 e. The number of aromatic amines is 1. The van der Waals surface area contributed by atoms with Crippen LogP contribution in [-0.2, 0) is 0 Å². The summed E-state index contributed by atoms with van der Waals surface area (Å²) in [4.78, 5) is 26.4. The summed E-state index contributed by atoms with van der Waals surface area (Å²) in [6, 6.07) is 9.86. The number of piperidine rings is 1. The molecule has 24 heavy (non-hydrogen) atoms. The molecule has 1 fully saturated rings. The average molecular weight is 320 g/mol. The Morgan fingerprint density at radius 3 is 2.67 bits per heavy atom. The smallest absolute Gasteiger partial charge is 0.253 e. The van der Waals surface area contributed by atoms with Gasteiger partial charge in [0.05, 0.1) is 11.0 Å².